The van der Waals surface area contributed by atoms with Crippen LogP contribution < -0.4 is 10.5 Å². The van der Waals surface area contributed by atoms with Gasteiger partial charge in [0.25, 0.3) is 0 Å². The molecule has 0 saturated carbocycles. The van der Waals surface area contributed by atoms with Crippen LogP contribution >= 0.6 is 7.60 Å². The molecule has 1 aliphatic heterocycles. The van der Waals surface area contributed by atoms with Gasteiger partial charge in [0.1, 0.15) is 17.8 Å². The molecule has 0 bridgehead atoms. The normalized spacial score (nSPS) is 16.1. The molecule has 1 saturated heterocycles. The quantitative estimate of drug-likeness (QED) is 0.687. The van der Waals surface area contributed by atoms with Gasteiger partial charge < -0.3 is 18.9 Å². The molecule has 1 fully saturated rings. The summed E-state index contributed by atoms with van der Waals surface area (Å²) in [6.45, 7) is 6.21. The van der Waals surface area contributed by atoms with Crippen LogP contribution in [-0.2, 0) is 13.6 Å². The highest BCUT2D eigenvalue weighted by Gasteiger charge is 2.27. The minimum atomic E-state index is -2.96. The molecule has 1 aliphatic rings. The molecule has 2 aromatic rings. The van der Waals surface area contributed by atoms with Crippen molar-refractivity contribution >= 4 is 24.4 Å². The molecule has 0 amide bonds. The first-order valence-electron chi connectivity index (χ1n) is 9.51. The lowest BCUT2D eigenvalue weighted by atomic mass is 9.94. The van der Waals surface area contributed by atoms with Gasteiger partial charge in [0.05, 0.1) is 24.8 Å². The summed E-state index contributed by atoms with van der Waals surface area (Å²) >= 11 is 0. The Balaban J connectivity index is 1.61. The second-order valence-corrected chi connectivity index (χ2v) is 8.86. The number of nitrogens with zero attached hydrogens (tertiary/aromatic N) is 3. The maximum Gasteiger partial charge on any atom is 0.330 e. The topological polar surface area (TPSA) is 97.4 Å². The van der Waals surface area contributed by atoms with E-state index in [0.717, 1.165) is 43.6 Å². The van der Waals surface area contributed by atoms with E-state index in [9.17, 15) is 9.36 Å². The van der Waals surface area contributed by atoms with E-state index in [4.69, 9.17) is 9.05 Å². The van der Waals surface area contributed by atoms with E-state index >= 15 is 0 Å². The first-order valence-corrected chi connectivity index (χ1v) is 11.2. The summed E-state index contributed by atoms with van der Waals surface area (Å²) in [7, 11) is -2.96. The predicted molar refractivity (Wildman–Crippen MR) is 105 cm³/mol. The van der Waals surface area contributed by atoms with Crippen LogP contribution in [0.5, 0.6) is 0 Å². The molecule has 0 aromatic carbocycles. The Bertz CT molecular complexity index is 854. The van der Waals surface area contributed by atoms with Crippen molar-refractivity contribution in [2.45, 2.75) is 33.1 Å². The summed E-state index contributed by atoms with van der Waals surface area (Å²) in [5.41, 5.74) is 0.392. The molecule has 1 N–H and O–H groups in total. The Kier molecular flexibility index (Phi) is 6.63. The number of nitrogens with one attached hydrogen (secondary N) is 1. The number of piperidine rings is 1. The summed E-state index contributed by atoms with van der Waals surface area (Å²) in [6.07, 6.45) is 4.78. The van der Waals surface area contributed by atoms with Crippen molar-refractivity contribution in [2.24, 2.45) is 5.92 Å². The van der Waals surface area contributed by atoms with Crippen LogP contribution in [0.1, 0.15) is 33.1 Å². The fraction of sp³-hybridized carbons (Fsp3) is 0.611. The lowest BCUT2D eigenvalue weighted by Gasteiger charge is -2.33. The highest BCUT2D eigenvalue weighted by Crippen LogP contribution is 2.49. The van der Waals surface area contributed by atoms with Crippen molar-refractivity contribution in [2.75, 3.05) is 37.4 Å². The Morgan fingerprint density at radius 2 is 1.89 bits per heavy atom. The zero-order valence-electron chi connectivity index (χ0n) is 15.9. The molecule has 3 heterocycles. The van der Waals surface area contributed by atoms with Gasteiger partial charge in [-0.2, -0.15) is 0 Å². The fourth-order valence-electron chi connectivity index (χ4n) is 3.54. The zero-order chi connectivity index (χ0) is 19.3. The smallest absolute Gasteiger partial charge is 0.330 e. The van der Waals surface area contributed by atoms with Gasteiger partial charge in [-0.25, -0.2) is 9.97 Å². The van der Waals surface area contributed by atoms with E-state index < -0.39 is 7.60 Å². The van der Waals surface area contributed by atoms with Crippen LogP contribution in [0.4, 0.5) is 5.82 Å². The predicted octanol–water partition coefficient (Wildman–Crippen LogP) is 3.19. The average Bonchev–Trinajstić information content (AvgIpc) is 2.66. The number of hydrogen-bond acceptors (Lipinski definition) is 7. The zero-order valence-corrected chi connectivity index (χ0v) is 16.8. The number of hydrogen-bond donors (Lipinski definition) is 1. The number of rotatable bonds is 8. The molecule has 3 rings (SSSR count). The molecule has 0 unspecified atom stereocenters. The van der Waals surface area contributed by atoms with Gasteiger partial charge in [0.2, 0.25) is 5.56 Å². The van der Waals surface area contributed by atoms with Crippen LogP contribution in [-0.4, -0.2) is 47.4 Å². The Morgan fingerprint density at radius 3 is 2.56 bits per heavy atom. The van der Waals surface area contributed by atoms with Crippen molar-refractivity contribution in [3.05, 3.63) is 28.8 Å². The molecule has 0 aliphatic carbocycles. The van der Waals surface area contributed by atoms with Gasteiger partial charge in [0.15, 0.2) is 0 Å². The molecule has 0 radical (unpaired) electrons. The maximum atomic E-state index is 12.6. The van der Waals surface area contributed by atoms with E-state index in [2.05, 4.69) is 19.9 Å². The van der Waals surface area contributed by atoms with Crippen LogP contribution in [0.2, 0.25) is 0 Å². The van der Waals surface area contributed by atoms with Crippen molar-refractivity contribution in [3.8, 4) is 0 Å². The maximum absolute atomic E-state index is 12.6. The Morgan fingerprint density at radius 1 is 1.19 bits per heavy atom. The van der Waals surface area contributed by atoms with Crippen molar-refractivity contribution in [1.29, 1.82) is 0 Å². The van der Waals surface area contributed by atoms with Crippen molar-refractivity contribution < 1.29 is 13.6 Å². The third-order valence-corrected chi connectivity index (χ3v) is 6.99. The number of aromatic nitrogens is 3. The largest absolute Gasteiger partial charge is 0.356 e. The van der Waals surface area contributed by atoms with Gasteiger partial charge in [-0.3, -0.25) is 9.36 Å². The fourth-order valence-corrected chi connectivity index (χ4v) is 5.34. The molecule has 148 valence electrons. The molecule has 0 atom stereocenters. The SMILES string of the molecule is CCOP(=O)(CCC1CCN(c2ncnc3[nH]c(=O)ccc23)CC1)OCC. The van der Waals surface area contributed by atoms with Gasteiger partial charge in [-0.1, -0.05) is 0 Å². The van der Waals surface area contributed by atoms with Crippen molar-refractivity contribution in [3.63, 3.8) is 0 Å². The third-order valence-electron chi connectivity index (χ3n) is 4.88. The first kappa shape index (κ1) is 20.0. The molecule has 2 aromatic heterocycles. The Labute approximate surface area is 158 Å². The van der Waals surface area contributed by atoms with Crippen LogP contribution in [0.3, 0.4) is 0 Å². The van der Waals surface area contributed by atoms with Gasteiger partial charge in [-0.15, -0.1) is 0 Å². The summed E-state index contributed by atoms with van der Waals surface area (Å²) in [6, 6.07) is 3.27. The first-order chi connectivity index (χ1) is 13.0. The molecular weight excluding hydrogens is 367 g/mol. The lowest BCUT2D eigenvalue weighted by Crippen LogP contribution is -2.34. The van der Waals surface area contributed by atoms with Crippen LogP contribution in [0.15, 0.2) is 23.3 Å². The highest BCUT2D eigenvalue weighted by atomic mass is 31.2. The number of pyridine rings is 1. The molecular formula is C18H27N4O4P. The lowest BCUT2D eigenvalue weighted by molar-refractivity contribution is 0.217. The number of H-pyrrole nitrogens is 1. The van der Waals surface area contributed by atoms with E-state index in [1.165, 1.54) is 12.4 Å². The average molecular weight is 394 g/mol. The Hall–Kier alpha value is -1.76. The van der Waals surface area contributed by atoms with E-state index in [1.807, 2.05) is 13.8 Å². The summed E-state index contributed by atoms with van der Waals surface area (Å²) < 4.78 is 23.4. The summed E-state index contributed by atoms with van der Waals surface area (Å²) in [5.74, 6) is 1.34. The molecule has 8 nitrogen and oxygen atoms in total. The molecule has 27 heavy (non-hydrogen) atoms. The molecule has 9 heteroatoms. The van der Waals surface area contributed by atoms with Crippen LogP contribution in [0, 0.1) is 5.92 Å². The second kappa shape index (κ2) is 8.95. The van der Waals surface area contributed by atoms with E-state index in [-0.39, 0.29) is 5.56 Å². The number of anilines is 1. The minimum Gasteiger partial charge on any atom is -0.356 e. The standard InChI is InChI=1S/C18H27N4O4P/c1-3-25-27(24,26-4-2)12-9-14-7-10-22(11-8-14)18-15-5-6-16(23)21-17(15)19-13-20-18/h5-6,13-14H,3-4,7-12H2,1-2H3,(H,19,20,21,23). The van der Waals surface area contributed by atoms with Gasteiger partial charge in [-0.05, 0) is 45.1 Å². The second-order valence-electron chi connectivity index (χ2n) is 6.67. The van der Waals surface area contributed by atoms with E-state index in [1.54, 1.807) is 6.07 Å². The highest BCUT2D eigenvalue weighted by molar-refractivity contribution is 7.53. The van der Waals surface area contributed by atoms with E-state index in [0.29, 0.717) is 30.9 Å². The van der Waals surface area contributed by atoms with Gasteiger partial charge >= 0.3 is 7.60 Å². The van der Waals surface area contributed by atoms with Crippen molar-refractivity contribution in [1.82, 2.24) is 15.0 Å². The van der Waals surface area contributed by atoms with Crippen LogP contribution in [0.25, 0.3) is 11.0 Å². The minimum absolute atomic E-state index is 0.168. The summed E-state index contributed by atoms with van der Waals surface area (Å²) in [4.78, 5) is 25.0. The monoisotopic (exact) mass is 394 g/mol. The number of aromatic amines is 1. The van der Waals surface area contributed by atoms with Gasteiger partial charge in [0, 0.05) is 19.2 Å². The summed E-state index contributed by atoms with van der Waals surface area (Å²) in [5, 5.41) is 0.854. The third kappa shape index (κ3) is 4.94. The number of fused-ring (bicyclic) bond motifs is 1. The molecule has 0 spiro atoms.